The van der Waals surface area contributed by atoms with Gasteiger partial charge in [-0.15, -0.1) is 0 Å². The molecule has 0 fully saturated rings. The molecule has 1 nitrogen and oxygen atoms in total. The molecule has 0 aliphatic heterocycles. The second-order valence-electron chi connectivity index (χ2n) is 6.79. The average Bonchev–Trinajstić information content (AvgIpc) is 2.75. The highest BCUT2D eigenvalue weighted by atomic mass is 14.9. The maximum atomic E-state index is 3.54. The van der Waals surface area contributed by atoms with E-state index >= 15 is 0 Å². The van der Waals surface area contributed by atoms with Crippen LogP contribution in [0.15, 0.2) is 109 Å². The molecule has 0 atom stereocenters. The first-order valence-electron chi connectivity index (χ1n) is 9.21. The van der Waals surface area contributed by atoms with Crippen LogP contribution in [0.25, 0.3) is 32.7 Å². The molecule has 0 aliphatic carbocycles. The zero-order valence-electron chi connectivity index (χ0n) is 14.9. The van der Waals surface area contributed by atoms with E-state index in [1.165, 1.54) is 32.7 Å². The number of anilines is 2. The molecule has 5 rings (SSSR count). The van der Waals surface area contributed by atoms with E-state index in [4.69, 9.17) is 0 Å². The molecule has 1 N–H and O–H groups in total. The van der Waals surface area contributed by atoms with Gasteiger partial charge < -0.3 is 5.32 Å². The predicted molar refractivity (Wildman–Crippen MR) is 117 cm³/mol. The Morgan fingerprint density at radius 1 is 0.407 bits per heavy atom. The summed E-state index contributed by atoms with van der Waals surface area (Å²) in [7, 11) is 0. The maximum absolute atomic E-state index is 3.54. The molecule has 128 valence electrons. The van der Waals surface area contributed by atoms with Gasteiger partial charge in [0.2, 0.25) is 0 Å². The topological polar surface area (TPSA) is 12.0 Å². The Balaban J connectivity index is 1.48. The van der Waals surface area contributed by atoms with Crippen molar-refractivity contribution in [2.45, 2.75) is 0 Å². The number of hydrogen-bond donors (Lipinski definition) is 1. The highest BCUT2D eigenvalue weighted by Gasteiger charge is 2.03. The Bertz CT molecular complexity index is 1220. The third-order valence-electron chi connectivity index (χ3n) is 5.03. The first kappa shape index (κ1) is 15.7. The summed E-state index contributed by atoms with van der Waals surface area (Å²) in [5.74, 6) is 0. The molecule has 0 saturated carbocycles. The zero-order chi connectivity index (χ0) is 18.1. The fourth-order valence-electron chi connectivity index (χ4n) is 3.62. The summed E-state index contributed by atoms with van der Waals surface area (Å²) >= 11 is 0. The molecule has 27 heavy (non-hydrogen) atoms. The average molecular weight is 345 g/mol. The molecule has 0 aromatic heterocycles. The van der Waals surface area contributed by atoms with Gasteiger partial charge in [-0.2, -0.15) is 0 Å². The molecule has 0 unspecified atom stereocenters. The summed E-state index contributed by atoms with van der Waals surface area (Å²) in [6.45, 7) is 0. The lowest BCUT2D eigenvalue weighted by molar-refractivity contribution is 1.55. The van der Waals surface area contributed by atoms with Gasteiger partial charge in [-0.25, -0.2) is 0 Å². The van der Waals surface area contributed by atoms with Crippen LogP contribution in [0.1, 0.15) is 0 Å². The number of fused-ring (bicyclic) bond motifs is 3. The van der Waals surface area contributed by atoms with Gasteiger partial charge in [0.1, 0.15) is 0 Å². The van der Waals surface area contributed by atoms with Gasteiger partial charge in [-0.3, -0.25) is 0 Å². The van der Waals surface area contributed by atoms with Crippen LogP contribution in [0.3, 0.4) is 0 Å². The van der Waals surface area contributed by atoms with Crippen molar-refractivity contribution in [1.29, 1.82) is 0 Å². The van der Waals surface area contributed by atoms with E-state index in [0.29, 0.717) is 0 Å². The fourth-order valence-corrected chi connectivity index (χ4v) is 3.62. The standard InChI is InChI=1S/C26H19N/c1-2-6-19(7-3-1)20-12-15-23(16-13-20)27-24-17-14-22-11-10-21-8-4-5-9-25(21)26(22)18-24/h1-18,27H. The minimum atomic E-state index is 1.09. The quantitative estimate of drug-likeness (QED) is 0.336. The molecule has 5 aromatic carbocycles. The molecule has 0 radical (unpaired) electrons. The zero-order valence-corrected chi connectivity index (χ0v) is 14.9. The highest BCUT2D eigenvalue weighted by molar-refractivity contribution is 6.08. The van der Waals surface area contributed by atoms with Gasteiger partial charge in [0.05, 0.1) is 0 Å². The number of benzene rings is 5. The Morgan fingerprint density at radius 2 is 1.00 bits per heavy atom. The van der Waals surface area contributed by atoms with Crippen LogP contribution in [0.5, 0.6) is 0 Å². The molecular formula is C26H19N. The van der Waals surface area contributed by atoms with Crippen LogP contribution in [0.2, 0.25) is 0 Å². The van der Waals surface area contributed by atoms with Crippen LogP contribution in [0, 0.1) is 0 Å². The second-order valence-corrected chi connectivity index (χ2v) is 6.79. The van der Waals surface area contributed by atoms with Crippen molar-refractivity contribution in [3.05, 3.63) is 109 Å². The smallest absolute Gasteiger partial charge is 0.0390 e. The fraction of sp³-hybridized carbons (Fsp3) is 0. The van der Waals surface area contributed by atoms with Gasteiger partial charge in [0, 0.05) is 11.4 Å². The molecule has 1 heteroatoms. The van der Waals surface area contributed by atoms with E-state index in [9.17, 15) is 0 Å². The van der Waals surface area contributed by atoms with E-state index in [0.717, 1.165) is 11.4 Å². The predicted octanol–water partition coefficient (Wildman–Crippen LogP) is 7.40. The van der Waals surface area contributed by atoms with Crippen molar-refractivity contribution in [2.75, 3.05) is 5.32 Å². The minimum absolute atomic E-state index is 1.09. The van der Waals surface area contributed by atoms with Gasteiger partial charge in [0.25, 0.3) is 0 Å². The molecule has 0 amide bonds. The van der Waals surface area contributed by atoms with Crippen LogP contribution in [-0.2, 0) is 0 Å². The Morgan fingerprint density at radius 3 is 1.81 bits per heavy atom. The first-order valence-corrected chi connectivity index (χ1v) is 9.21. The SMILES string of the molecule is c1ccc(-c2ccc(Nc3ccc4ccc5ccccc5c4c3)cc2)cc1. The van der Waals surface area contributed by atoms with E-state index in [1.54, 1.807) is 0 Å². The molecule has 0 spiro atoms. The Kier molecular flexibility index (Phi) is 3.84. The molecule has 5 aromatic rings. The van der Waals surface area contributed by atoms with Crippen molar-refractivity contribution in [2.24, 2.45) is 0 Å². The van der Waals surface area contributed by atoms with Crippen LogP contribution < -0.4 is 5.32 Å². The summed E-state index contributed by atoms with van der Waals surface area (Å²) in [4.78, 5) is 0. The van der Waals surface area contributed by atoms with Crippen molar-refractivity contribution >= 4 is 32.9 Å². The van der Waals surface area contributed by atoms with Gasteiger partial charge >= 0.3 is 0 Å². The van der Waals surface area contributed by atoms with Crippen molar-refractivity contribution in [3.63, 3.8) is 0 Å². The van der Waals surface area contributed by atoms with Crippen LogP contribution >= 0.6 is 0 Å². The van der Waals surface area contributed by atoms with Crippen LogP contribution in [0.4, 0.5) is 11.4 Å². The van der Waals surface area contributed by atoms with Crippen molar-refractivity contribution < 1.29 is 0 Å². The van der Waals surface area contributed by atoms with E-state index in [2.05, 4.69) is 108 Å². The highest BCUT2D eigenvalue weighted by Crippen LogP contribution is 2.29. The van der Waals surface area contributed by atoms with Gasteiger partial charge in [-0.05, 0) is 56.9 Å². The molecular weight excluding hydrogens is 326 g/mol. The summed E-state index contributed by atoms with van der Waals surface area (Å²) in [6, 6.07) is 38.5. The largest absolute Gasteiger partial charge is 0.356 e. The maximum Gasteiger partial charge on any atom is 0.0390 e. The summed E-state index contributed by atoms with van der Waals surface area (Å²) in [5, 5.41) is 8.64. The van der Waals surface area contributed by atoms with Gasteiger partial charge in [0.15, 0.2) is 0 Å². The molecule has 0 aliphatic rings. The summed E-state index contributed by atoms with van der Waals surface area (Å²) in [5.41, 5.74) is 4.66. The number of hydrogen-bond acceptors (Lipinski definition) is 1. The third-order valence-corrected chi connectivity index (χ3v) is 5.03. The van der Waals surface area contributed by atoms with E-state index in [-0.39, 0.29) is 0 Å². The lowest BCUT2D eigenvalue weighted by Crippen LogP contribution is -1.90. The monoisotopic (exact) mass is 345 g/mol. The molecule has 0 saturated heterocycles. The normalized spacial score (nSPS) is 11.0. The second kappa shape index (κ2) is 6.62. The summed E-state index contributed by atoms with van der Waals surface area (Å²) < 4.78 is 0. The number of rotatable bonds is 3. The third kappa shape index (κ3) is 3.04. The Labute approximate surface area is 158 Å². The van der Waals surface area contributed by atoms with Crippen LogP contribution in [-0.4, -0.2) is 0 Å². The van der Waals surface area contributed by atoms with E-state index in [1.807, 2.05) is 6.07 Å². The van der Waals surface area contributed by atoms with Gasteiger partial charge in [-0.1, -0.05) is 84.9 Å². The lowest BCUT2D eigenvalue weighted by atomic mass is 10.0. The Hall–Kier alpha value is -3.58. The molecule has 0 bridgehead atoms. The van der Waals surface area contributed by atoms with Crippen molar-refractivity contribution in [3.8, 4) is 11.1 Å². The van der Waals surface area contributed by atoms with Crippen molar-refractivity contribution in [1.82, 2.24) is 0 Å². The van der Waals surface area contributed by atoms with E-state index < -0.39 is 0 Å². The number of nitrogens with one attached hydrogen (secondary N) is 1. The summed E-state index contributed by atoms with van der Waals surface area (Å²) in [6.07, 6.45) is 0. The minimum Gasteiger partial charge on any atom is -0.356 e. The lowest BCUT2D eigenvalue weighted by Gasteiger charge is -2.10. The molecule has 0 heterocycles. The first-order chi connectivity index (χ1) is 13.4.